The lowest BCUT2D eigenvalue weighted by molar-refractivity contribution is 0.243. The third-order valence-corrected chi connectivity index (χ3v) is 3.60. The van der Waals surface area contributed by atoms with Gasteiger partial charge < -0.3 is 10.6 Å². The van der Waals surface area contributed by atoms with Crippen molar-refractivity contribution in [3.63, 3.8) is 0 Å². The summed E-state index contributed by atoms with van der Waals surface area (Å²) in [5.74, 6) is 0.328. The molecule has 0 radical (unpaired) electrons. The number of urea groups is 1. The standard InChI is InChI=1S/C16H21FN2O/c17-15-8-6-14(7-9-15)12-19-16(20)18-11-10-13-4-2-1-3-5-13/h6-11,13H,1-5,12H2,(H2,18,19,20)/b11-10+. The van der Waals surface area contributed by atoms with E-state index in [0.29, 0.717) is 12.5 Å². The van der Waals surface area contributed by atoms with E-state index >= 15 is 0 Å². The normalized spacial score (nSPS) is 16.2. The van der Waals surface area contributed by atoms with Gasteiger partial charge in [-0.25, -0.2) is 9.18 Å². The van der Waals surface area contributed by atoms with Gasteiger partial charge in [-0.15, -0.1) is 0 Å². The van der Waals surface area contributed by atoms with Gasteiger partial charge >= 0.3 is 6.03 Å². The average molecular weight is 276 g/mol. The van der Waals surface area contributed by atoms with Crippen LogP contribution in [0.25, 0.3) is 0 Å². The Bertz CT molecular complexity index is 450. The molecule has 1 aliphatic carbocycles. The van der Waals surface area contributed by atoms with E-state index < -0.39 is 0 Å². The van der Waals surface area contributed by atoms with E-state index in [9.17, 15) is 9.18 Å². The molecule has 0 bridgehead atoms. The summed E-state index contributed by atoms with van der Waals surface area (Å²) in [5, 5.41) is 5.44. The van der Waals surface area contributed by atoms with Crippen molar-refractivity contribution in [3.05, 3.63) is 47.9 Å². The third kappa shape index (κ3) is 5.03. The van der Waals surface area contributed by atoms with Gasteiger partial charge in [-0.3, -0.25) is 0 Å². The predicted octanol–water partition coefficient (Wildman–Crippen LogP) is 3.72. The fraction of sp³-hybridized carbons (Fsp3) is 0.438. The number of rotatable bonds is 4. The molecule has 2 rings (SSSR count). The number of allylic oxidation sites excluding steroid dienone is 1. The molecule has 4 heteroatoms. The van der Waals surface area contributed by atoms with Crippen molar-refractivity contribution >= 4 is 6.03 Å². The maximum absolute atomic E-state index is 12.7. The summed E-state index contributed by atoms with van der Waals surface area (Å²) < 4.78 is 12.7. The number of hydrogen-bond donors (Lipinski definition) is 2. The van der Waals surface area contributed by atoms with Crippen LogP contribution >= 0.6 is 0 Å². The Morgan fingerprint density at radius 3 is 2.60 bits per heavy atom. The largest absolute Gasteiger partial charge is 0.334 e. The molecular formula is C16H21FN2O. The molecular weight excluding hydrogens is 255 g/mol. The number of halogens is 1. The quantitative estimate of drug-likeness (QED) is 0.864. The number of hydrogen-bond acceptors (Lipinski definition) is 1. The van der Waals surface area contributed by atoms with Crippen molar-refractivity contribution < 1.29 is 9.18 Å². The molecule has 0 aliphatic heterocycles. The fourth-order valence-corrected chi connectivity index (χ4v) is 2.42. The molecule has 0 unspecified atom stereocenters. The third-order valence-electron chi connectivity index (χ3n) is 3.60. The number of carbonyl (C=O) groups excluding carboxylic acids is 1. The summed E-state index contributed by atoms with van der Waals surface area (Å²) >= 11 is 0. The number of benzene rings is 1. The Morgan fingerprint density at radius 1 is 1.20 bits per heavy atom. The molecule has 0 aromatic heterocycles. The highest BCUT2D eigenvalue weighted by Gasteiger charge is 2.09. The molecule has 2 amide bonds. The van der Waals surface area contributed by atoms with E-state index in [1.165, 1.54) is 44.2 Å². The van der Waals surface area contributed by atoms with Crippen LogP contribution in [0.15, 0.2) is 36.5 Å². The summed E-state index contributed by atoms with van der Waals surface area (Å²) in [6.07, 6.45) is 10.1. The molecule has 20 heavy (non-hydrogen) atoms. The van der Waals surface area contributed by atoms with Gasteiger partial charge in [0.25, 0.3) is 0 Å². The molecule has 2 N–H and O–H groups in total. The van der Waals surface area contributed by atoms with E-state index in [1.54, 1.807) is 18.3 Å². The molecule has 1 aromatic carbocycles. The molecule has 108 valence electrons. The minimum atomic E-state index is -0.270. The van der Waals surface area contributed by atoms with Crippen LogP contribution in [0.2, 0.25) is 0 Å². The number of nitrogens with one attached hydrogen (secondary N) is 2. The van der Waals surface area contributed by atoms with Crippen LogP contribution in [0.5, 0.6) is 0 Å². The molecule has 0 atom stereocenters. The first-order valence-electron chi connectivity index (χ1n) is 7.19. The Balaban J connectivity index is 1.67. The highest BCUT2D eigenvalue weighted by Crippen LogP contribution is 2.24. The summed E-state index contributed by atoms with van der Waals surface area (Å²) in [7, 11) is 0. The smallest absolute Gasteiger partial charge is 0.319 e. The second kappa shape index (κ2) is 7.68. The first-order valence-corrected chi connectivity index (χ1v) is 7.19. The first-order chi connectivity index (χ1) is 9.74. The number of carbonyl (C=O) groups is 1. The van der Waals surface area contributed by atoms with Crippen LogP contribution in [-0.4, -0.2) is 6.03 Å². The van der Waals surface area contributed by atoms with Crippen LogP contribution in [-0.2, 0) is 6.54 Å². The van der Waals surface area contributed by atoms with Crippen molar-refractivity contribution in [2.45, 2.75) is 38.6 Å². The van der Waals surface area contributed by atoms with E-state index in [2.05, 4.69) is 16.7 Å². The van der Waals surface area contributed by atoms with Gasteiger partial charge in [-0.05, 0) is 36.5 Å². The first kappa shape index (κ1) is 14.6. The molecule has 1 fully saturated rings. The van der Waals surface area contributed by atoms with Crippen molar-refractivity contribution in [3.8, 4) is 0 Å². The second-order valence-electron chi connectivity index (χ2n) is 5.21. The average Bonchev–Trinajstić information content (AvgIpc) is 2.48. The molecule has 0 heterocycles. The Kier molecular flexibility index (Phi) is 5.59. The van der Waals surface area contributed by atoms with Crippen molar-refractivity contribution in [1.82, 2.24) is 10.6 Å². The summed E-state index contributed by atoms with van der Waals surface area (Å²) in [6, 6.07) is 5.86. The van der Waals surface area contributed by atoms with Gasteiger partial charge in [0.2, 0.25) is 0 Å². The maximum atomic E-state index is 12.7. The molecule has 1 aliphatic rings. The highest BCUT2D eigenvalue weighted by molar-refractivity contribution is 5.74. The lowest BCUT2D eigenvalue weighted by Gasteiger charge is -2.17. The Labute approximate surface area is 119 Å². The van der Waals surface area contributed by atoms with Gasteiger partial charge in [-0.2, -0.15) is 0 Å². The summed E-state index contributed by atoms with van der Waals surface area (Å²) in [4.78, 5) is 11.6. The van der Waals surface area contributed by atoms with Crippen LogP contribution in [0.3, 0.4) is 0 Å². The fourth-order valence-electron chi connectivity index (χ4n) is 2.42. The lowest BCUT2D eigenvalue weighted by atomic mass is 9.89. The zero-order valence-electron chi connectivity index (χ0n) is 11.6. The summed E-state index contributed by atoms with van der Waals surface area (Å²) in [5.41, 5.74) is 0.873. The predicted molar refractivity (Wildman–Crippen MR) is 77.5 cm³/mol. The van der Waals surface area contributed by atoms with E-state index in [1.807, 2.05) is 0 Å². The van der Waals surface area contributed by atoms with Crippen LogP contribution < -0.4 is 10.6 Å². The zero-order chi connectivity index (χ0) is 14.2. The minimum absolute atomic E-state index is 0.235. The van der Waals surface area contributed by atoms with Crippen molar-refractivity contribution in [1.29, 1.82) is 0 Å². The molecule has 1 saturated carbocycles. The van der Waals surface area contributed by atoms with E-state index in [4.69, 9.17) is 0 Å². The van der Waals surface area contributed by atoms with Crippen molar-refractivity contribution in [2.75, 3.05) is 0 Å². The van der Waals surface area contributed by atoms with Gasteiger partial charge in [0.05, 0.1) is 0 Å². The topological polar surface area (TPSA) is 41.1 Å². The van der Waals surface area contributed by atoms with Gasteiger partial charge in [0.15, 0.2) is 0 Å². The second-order valence-corrected chi connectivity index (χ2v) is 5.21. The zero-order valence-corrected chi connectivity index (χ0v) is 11.6. The monoisotopic (exact) mass is 276 g/mol. The SMILES string of the molecule is O=C(N/C=C/C1CCCCC1)NCc1ccc(F)cc1. The maximum Gasteiger partial charge on any atom is 0.319 e. The number of amides is 2. The summed E-state index contributed by atoms with van der Waals surface area (Å²) in [6.45, 7) is 0.392. The van der Waals surface area contributed by atoms with Crippen LogP contribution in [0.4, 0.5) is 9.18 Å². The van der Waals surface area contributed by atoms with E-state index in [0.717, 1.165) is 5.56 Å². The van der Waals surface area contributed by atoms with Gasteiger partial charge in [0.1, 0.15) is 5.82 Å². The van der Waals surface area contributed by atoms with Crippen LogP contribution in [0, 0.1) is 11.7 Å². The van der Waals surface area contributed by atoms with Gasteiger partial charge in [0, 0.05) is 12.7 Å². The lowest BCUT2D eigenvalue weighted by Crippen LogP contribution is -2.31. The molecule has 3 nitrogen and oxygen atoms in total. The highest BCUT2D eigenvalue weighted by atomic mass is 19.1. The minimum Gasteiger partial charge on any atom is -0.334 e. The van der Waals surface area contributed by atoms with Crippen LogP contribution in [0.1, 0.15) is 37.7 Å². The Morgan fingerprint density at radius 2 is 1.90 bits per heavy atom. The van der Waals surface area contributed by atoms with E-state index in [-0.39, 0.29) is 11.8 Å². The van der Waals surface area contributed by atoms with Gasteiger partial charge in [-0.1, -0.05) is 37.5 Å². The molecule has 0 saturated heterocycles. The molecule has 1 aromatic rings. The Hall–Kier alpha value is -1.84. The molecule has 0 spiro atoms. The van der Waals surface area contributed by atoms with Crippen molar-refractivity contribution in [2.24, 2.45) is 5.92 Å².